The lowest BCUT2D eigenvalue weighted by Crippen LogP contribution is -2.63. The summed E-state index contributed by atoms with van der Waals surface area (Å²) < 4.78 is 0. The summed E-state index contributed by atoms with van der Waals surface area (Å²) in [4.78, 5) is 148. The van der Waals surface area contributed by atoms with Crippen LogP contribution in [0.2, 0.25) is 0 Å². The van der Waals surface area contributed by atoms with Gasteiger partial charge in [-0.1, -0.05) is 40.5 Å². The fourth-order valence-electron chi connectivity index (χ4n) is 6.93. The van der Waals surface area contributed by atoms with E-state index in [1.807, 2.05) is 0 Å². The molecule has 18 N–H and O–H groups in total. The molecule has 27 heteroatoms. The molecule has 1 rings (SSSR count). The molecule has 11 amide bonds. The van der Waals surface area contributed by atoms with Crippen molar-refractivity contribution in [1.82, 2.24) is 47.4 Å². The smallest absolute Gasteiger partial charge is 0.245 e. The summed E-state index contributed by atoms with van der Waals surface area (Å²) in [5.74, 6) is -10.5. The minimum absolute atomic E-state index is 0.0131. The molecule has 0 aromatic carbocycles. The number of nitrogens with one attached hydrogen (secondary N) is 8. The Morgan fingerprint density at radius 2 is 1.20 bits per heavy atom. The summed E-state index contributed by atoms with van der Waals surface area (Å²) in [7, 11) is 0. The molecule has 1 aliphatic heterocycles. The highest BCUT2D eigenvalue weighted by Gasteiger charge is 2.40. The molecular formula is C42H74N14O13. The van der Waals surface area contributed by atoms with Crippen LogP contribution in [-0.2, 0) is 52.7 Å². The lowest BCUT2D eigenvalue weighted by atomic mass is 9.96. The summed E-state index contributed by atoms with van der Waals surface area (Å²) in [6.45, 7) is 9.03. The maximum absolute atomic E-state index is 14.1. The number of guanidine groups is 1. The number of rotatable bonds is 30. The Hall–Kier alpha value is -6.64. The maximum Gasteiger partial charge on any atom is 0.245 e. The average Bonchev–Trinajstić information content (AvgIpc) is 3.79. The van der Waals surface area contributed by atoms with Crippen LogP contribution in [0.15, 0.2) is 4.99 Å². The Morgan fingerprint density at radius 3 is 1.70 bits per heavy atom. The van der Waals surface area contributed by atoms with E-state index in [9.17, 15) is 63.0 Å². The summed E-state index contributed by atoms with van der Waals surface area (Å²) in [6, 6.07) is -11.0. The molecule has 0 radical (unpaired) electrons. The molecule has 0 saturated carbocycles. The summed E-state index contributed by atoms with van der Waals surface area (Å²) in [6.07, 6.45) is -0.767. The first-order valence-corrected chi connectivity index (χ1v) is 22.9. The monoisotopic (exact) mass is 983 g/mol. The summed E-state index contributed by atoms with van der Waals surface area (Å²) in [5.41, 5.74) is 21.5. The third-order valence-corrected chi connectivity index (χ3v) is 11.5. The van der Waals surface area contributed by atoms with Crippen molar-refractivity contribution in [2.24, 2.45) is 39.8 Å². The molecule has 0 aliphatic carbocycles. The number of aliphatic imine (C=N–C) groups is 1. The number of primary amides is 2. The molecule has 0 aromatic heterocycles. The van der Waals surface area contributed by atoms with E-state index in [1.165, 1.54) is 18.7 Å². The van der Waals surface area contributed by atoms with Gasteiger partial charge in [-0.05, 0) is 57.8 Å². The van der Waals surface area contributed by atoms with Crippen LogP contribution in [0.4, 0.5) is 0 Å². The van der Waals surface area contributed by atoms with Crippen LogP contribution < -0.4 is 65.5 Å². The van der Waals surface area contributed by atoms with Crippen molar-refractivity contribution in [2.45, 2.75) is 154 Å². The number of aliphatic hydroxyl groups is 2. The number of aliphatic hydroxyl groups excluding tert-OH is 2. The molecule has 0 unspecified atom stereocenters. The molecule has 1 fully saturated rings. The molecule has 1 heterocycles. The third kappa shape index (κ3) is 20.6. The van der Waals surface area contributed by atoms with Crippen molar-refractivity contribution in [3.8, 4) is 0 Å². The van der Waals surface area contributed by atoms with Crippen molar-refractivity contribution in [1.29, 1.82) is 0 Å². The summed E-state index contributed by atoms with van der Waals surface area (Å²) in [5, 5.41) is 40.4. The van der Waals surface area contributed by atoms with Gasteiger partial charge in [0, 0.05) is 26.4 Å². The number of amides is 11. The second-order valence-electron chi connectivity index (χ2n) is 17.1. The SMILES string of the molecule is CC[C@@H](C)[C@@H](NC(=O)[C@H](CCC(N)=O)NC(=O)CNC(C)=O)C(=O)N[C@H](C(=O)N[C@@H](CO)C(=O)N[C@H](C(=O)N[C@@H](CCCN=C(N)N)C(=O)N1CCC[C@H]1C(=O)N[C@H](C)C(N)=O)[C@@H](C)CC)[C@@H](C)O. The van der Waals surface area contributed by atoms with Gasteiger partial charge in [-0.2, -0.15) is 0 Å². The number of hydrogen-bond acceptors (Lipinski definition) is 14. The first-order chi connectivity index (χ1) is 32.3. The van der Waals surface area contributed by atoms with E-state index in [2.05, 4.69) is 47.5 Å². The van der Waals surface area contributed by atoms with Crippen LogP contribution in [0.3, 0.4) is 0 Å². The van der Waals surface area contributed by atoms with Gasteiger partial charge in [-0.25, -0.2) is 0 Å². The second kappa shape index (κ2) is 30.0. The molecule has 0 spiro atoms. The van der Waals surface area contributed by atoms with Gasteiger partial charge in [0.25, 0.3) is 0 Å². The van der Waals surface area contributed by atoms with Crippen LogP contribution in [0, 0.1) is 11.8 Å². The van der Waals surface area contributed by atoms with Gasteiger partial charge >= 0.3 is 0 Å². The zero-order chi connectivity index (χ0) is 52.7. The topological polar surface area (TPSA) is 444 Å². The number of nitrogens with zero attached hydrogens (tertiary/aromatic N) is 2. The van der Waals surface area contributed by atoms with Gasteiger partial charge in [0.05, 0.1) is 19.3 Å². The van der Waals surface area contributed by atoms with Gasteiger partial charge in [0.1, 0.15) is 48.3 Å². The van der Waals surface area contributed by atoms with Gasteiger partial charge in [0.15, 0.2) is 5.96 Å². The molecule has 1 aliphatic rings. The van der Waals surface area contributed by atoms with Crippen molar-refractivity contribution >= 4 is 70.9 Å². The van der Waals surface area contributed by atoms with Crippen LogP contribution in [0.25, 0.3) is 0 Å². The zero-order valence-corrected chi connectivity index (χ0v) is 40.4. The molecule has 0 bridgehead atoms. The van der Waals surface area contributed by atoms with E-state index in [0.29, 0.717) is 19.3 Å². The Kier molecular flexibility index (Phi) is 26.2. The van der Waals surface area contributed by atoms with E-state index < -0.39 is 144 Å². The van der Waals surface area contributed by atoms with Crippen molar-refractivity contribution < 1.29 is 63.0 Å². The molecule has 11 atom stereocenters. The fraction of sp³-hybridized carbons (Fsp3) is 0.714. The predicted octanol–water partition coefficient (Wildman–Crippen LogP) is -6.20. The molecule has 1 saturated heterocycles. The van der Waals surface area contributed by atoms with Gasteiger partial charge in [-0.15, -0.1) is 0 Å². The van der Waals surface area contributed by atoms with Crippen LogP contribution in [0.1, 0.15) is 99.8 Å². The lowest BCUT2D eigenvalue weighted by Gasteiger charge is -2.32. The Balaban J connectivity index is 3.34. The first kappa shape index (κ1) is 60.4. The second-order valence-corrected chi connectivity index (χ2v) is 17.1. The lowest BCUT2D eigenvalue weighted by molar-refractivity contribution is -0.142. The largest absolute Gasteiger partial charge is 0.394 e. The molecule has 390 valence electrons. The number of carbonyl (C=O) groups is 11. The fourth-order valence-corrected chi connectivity index (χ4v) is 6.93. The Bertz CT molecular complexity index is 1860. The maximum atomic E-state index is 14.1. The number of hydrogen-bond donors (Lipinski definition) is 14. The van der Waals surface area contributed by atoms with Gasteiger partial charge in [-0.3, -0.25) is 57.7 Å². The normalized spacial score (nSPS) is 17.5. The number of likely N-dealkylation sites (tertiary alicyclic amines) is 1. The quantitative estimate of drug-likeness (QED) is 0.0181. The molecule has 27 nitrogen and oxygen atoms in total. The molecule has 0 aromatic rings. The Morgan fingerprint density at radius 1 is 0.681 bits per heavy atom. The van der Waals surface area contributed by atoms with Crippen molar-refractivity contribution in [3.05, 3.63) is 0 Å². The van der Waals surface area contributed by atoms with E-state index >= 15 is 0 Å². The van der Waals surface area contributed by atoms with Gasteiger partial charge < -0.3 is 80.6 Å². The average molecular weight is 983 g/mol. The van der Waals surface area contributed by atoms with E-state index in [4.69, 9.17) is 22.9 Å². The summed E-state index contributed by atoms with van der Waals surface area (Å²) >= 11 is 0. The highest BCUT2D eigenvalue weighted by atomic mass is 16.3. The van der Waals surface area contributed by atoms with Crippen LogP contribution in [-0.4, -0.2) is 167 Å². The highest BCUT2D eigenvalue weighted by molar-refractivity contribution is 5.98. The van der Waals surface area contributed by atoms with Crippen molar-refractivity contribution in [2.75, 3.05) is 26.2 Å². The van der Waals surface area contributed by atoms with Crippen LogP contribution >= 0.6 is 0 Å². The Labute approximate surface area is 400 Å². The zero-order valence-electron chi connectivity index (χ0n) is 40.4. The van der Waals surface area contributed by atoms with Gasteiger partial charge in [0.2, 0.25) is 65.0 Å². The van der Waals surface area contributed by atoms with E-state index in [0.717, 1.165) is 6.92 Å². The highest BCUT2D eigenvalue weighted by Crippen LogP contribution is 2.21. The standard InChI is InChI=1S/C42H74N14O13/c1-8-20(3)31(38(66)51-26(12-10-16-47-42(45)46)41(69)56-17-11-13-28(56)37(65)49-22(5)34(44)62)54-36(64)27(19-57)52-40(68)33(23(6)58)55-39(67)32(21(4)9-2)53-35(63)25(14-15-29(43)60)50-30(61)18-48-24(7)59/h20-23,25-28,31-33,57-58H,8-19H2,1-7H3,(H2,43,60)(H2,44,62)(H,48,59)(H,49,65)(H,50,61)(H,51,66)(H,52,68)(H,53,63)(H,54,64)(H,55,67)(H4,45,46,47)/t20-,21+,22+,23+,25-,26-,27-,28-,31-,32+,33-/m0/s1. The molecule has 69 heavy (non-hydrogen) atoms. The minimum atomic E-state index is -1.79. The number of nitrogens with two attached hydrogens (primary N) is 4. The predicted molar refractivity (Wildman–Crippen MR) is 248 cm³/mol. The first-order valence-electron chi connectivity index (χ1n) is 22.9. The van der Waals surface area contributed by atoms with Crippen molar-refractivity contribution in [3.63, 3.8) is 0 Å². The molecular weight excluding hydrogens is 909 g/mol. The third-order valence-electron chi connectivity index (χ3n) is 11.5. The minimum Gasteiger partial charge on any atom is -0.394 e. The van der Waals surface area contributed by atoms with E-state index in [1.54, 1.807) is 27.7 Å². The van der Waals surface area contributed by atoms with Crippen LogP contribution in [0.5, 0.6) is 0 Å². The van der Waals surface area contributed by atoms with E-state index in [-0.39, 0.29) is 51.2 Å². The number of carbonyl (C=O) groups excluding carboxylic acids is 11.